The van der Waals surface area contributed by atoms with E-state index in [1.165, 1.54) is 11.3 Å². The van der Waals surface area contributed by atoms with E-state index in [0.29, 0.717) is 17.4 Å². The van der Waals surface area contributed by atoms with Gasteiger partial charge in [-0.05, 0) is 24.6 Å². The molecule has 7 heteroatoms. The fourth-order valence-corrected chi connectivity index (χ4v) is 3.13. The Kier molecular flexibility index (Phi) is 6.17. The molecule has 1 heterocycles. The van der Waals surface area contributed by atoms with Crippen LogP contribution in [0.2, 0.25) is 0 Å². The number of nitrogens with one attached hydrogen (secondary N) is 2. The Morgan fingerprint density at radius 1 is 1.04 bits per heavy atom. The third-order valence-electron chi connectivity index (χ3n) is 3.66. The molecule has 0 spiro atoms. The number of ether oxygens (including phenoxy) is 1. The summed E-state index contributed by atoms with van der Waals surface area (Å²) < 4.78 is 4.92. The zero-order valence-electron chi connectivity index (χ0n) is 14.8. The summed E-state index contributed by atoms with van der Waals surface area (Å²) in [4.78, 5) is 28.0. The highest BCUT2D eigenvalue weighted by molar-refractivity contribution is 7.14. The molecule has 0 unspecified atom stereocenters. The van der Waals surface area contributed by atoms with E-state index >= 15 is 0 Å². The minimum atomic E-state index is -0.373. The predicted molar refractivity (Wildman–Crippen MR) is 107 cm³/mol. The van der Waals surface area contributed by atoms with Gasteiger partial charge in [0.15, 0.2) is 5.13 Å². The smallest absolute Gasteiger partial charge is 0.325 e. The average Bonchev–Trinajstić information content (AvgIpc) is 3.12. The van der Waals surface area contributed by atoms with Gasteiger partial charge in [-0.15, -0.1) is 11.3 Å². The summed E-state index contributed by atoms with van der Waals surface area (Å²) in [5.41, 5.74) is 3.27. The van der Waals surface area contributed by atoms with Crippen LogP contribution in [-0.2, 0) is 16.0 Å². The third kappa shape index (κ3) is 5.39. The first-order valence-electron chi connectivity index (χ1n) is 8.47. The topological polar surface area (TPSA) is 80.3 Å². The second-order valence-electron chi connectivity index (χ2n) is 5.66. The van der Waals surface area contributed by atoms with Crippen molar-refractivity contribution in [3.63, 3.8) is 0 Å². The highest BCUT2D eigenvalue weighted by Gasteiger charge is 2.09. The number of urea groups is 1. The maximum atomic E-state index is 12.1. The lowest BCUT2D eigenvalue weighted by Crippen LogP contribution is -2.19. The van der Waals surface area contributed by atoms with Gasteiger partial charge in [-0.1, -0.05) is 42.5 Å². The van der Waals surface area contributed by atoms with Crippen LogP contribution in [0.5, 0.6) is 0 Å². The van der Waals surface area contributed by atoms with Gasteiger partial charge in [-0.25, -0.2) is 9.78 Å². The molecule has 0 aliphatic carbocycles. The lowest BCUT2D eigenvalue weighted by Gasteiger charge is -2.07. The molecule has 6 nitrogen and oxygen atoms in total. The van der Waals surface area contributed by atoms with Gasteiger partial charge in [0.1, 0.15) is 0 Å². The van der Waals surface area contributed by atoms with E-state index in [2.05, 4.69) is 15.6 Å². The number of hydrogen-bond donors (Lipinski definition) is 2. The first-order valence-corrected chi connectivity index (χ1v) is 9.35. The molecule has 2 amide bonds. The van der Waals surface area contributed by atoms with Crippen LogP contribution < -0.4 is 10.6 Å². The number of amides is 2. The van der Waals surface area contributed by atoms with Crippen LogP contribution in [0.15, 0.2) is 60.0 Å². The normalized spacial score (nSPS) is 10.3. The molecule has 1 aromatic heterocycles. The van der Waals surface area contributed by atoms with Gasteiger partial charge in [0.05, 0.1) is 18.7 Å². The fourth-order valence-electron chi connectivity index (χ4n) is 2.42. The number of aromatic nitrogens is 1. The van der Waals surface area contributed by atoms with Gasteiger partial charge < -0.3 is 10.1 Å². The number of thiazole rings is 1. The Balaban J connectivity index is 1.55. The summed E-state index contributed by atoms with van der Waals surface area (Å²) in [5, 5.41) is 7.89. The lowest BCUT2D eigenvalue weighted by molar-refractivity contribution is -0.142. The van der Waals surface area contributed by atoms with Crippen molar-refractivity contribution < 1.29 is 14.3 Å². The van der Waals surface area contributed by atoms with Crippen LogP contribution in [0.3, 0.4) is 0 Å². The molecule has 3 aromatic rings. The molecule has 3 rings (SSSR count). The molecule has 2 aromatic carbocycles. The first-order chi connectivity index (χ1) is 13.1. The van der Waals surface area contributed by atoms with E-state index in [-0.39, 0.29) is 18.4 Å². The molecule has 0 saturated carbocycles. The molecule has 0 saturated heterocycles. The second-order valence-corrected chi connectivity index (χ2v) is 6.52. The number of esters is 1. The van der Waals surface area contributed by atoms with Gasteiger partial charge in [0, 0.05) is 16.6 Å². The van der Waals surface area contributed by atoms with E-state index in [9.17, 15) is 9.59 Å². The fraction of sp³-hybridized carbons (Fsp3) is 0.150. The number of nitrogens with zero attached hydrogens (tertiary/aromatic N) is 1. The van der Waals surface area contributed by atoms with Crippen molar-refractivity contribution in [1.82, 2.24) is 4.98 Å². The Labute approximate surface area is 161 Å². The summed E-state index contributed by atoms with van der Waals surface area (Å²) in [7, 11) is 0. The SMILES string of the molecule is CCOC(=O)Cc1ccc(NC(=O)Nc2nc(-c3ccccc3)cs2)cc1. The number of anilines is 2. The van der Waals surface area contributed by atoms with Crippen LogP contribution in [0.25, 0.3) is 11.3 Å². The van der Waals surface area contributed by atoms with E-state index < -0.39 is 0 Å². The standard InChI is InChI=1S/C20H19N3O3S/c1-2-26-18(24)12-14-8-10-16(11-9-14)21-19(25)23-20-22-17(13-27-20)15-6-4-3-5-7-15/h3-11,13H,2,12H2,1H3,(H2,21,22,23,25). The molecule has 0 aliphatic heterocycles. The predicted octanol–water partition coefficient (Wildman–Crippen LogP) is 4.56. The molecular weight excluding hydrogens is 362 g/mol. The Bertz CT molecular complexity index is 908. The van der Waals surface area contributed by atoms with Gasteiger partial charge in [0.25, 0.3) is 0 Å². The zero-order chi connectivity index (χ0) is 19.1. The molecule has 0 radical (unpaired) electrons. The summed E-state index contributed by atoms with van der Waals surface area (Å²) in [6.45, 7) is 2.14. The largest absolute Gasteiger partial charge is 0.466 e. The Morgan fingerprint density at radius 3 is 2.48 bits per heavy atom. The van der Waals surface area contributed by atoms with Gasteiger partial charge >= 0.3 is 12.0 Å². The maximum absolute atomic E-state index is 12.1. The molecule has 2 N–H and O–H groups in total. The van der Waals surface area contributed by atoms with Gasteiger partial charge in [-0.2, -0.15) is 0 Å². The quantitative estimate of drug-likeness (QED) is 0.614. The number of rotatable bonds is 6. The van der Waals surface area contributed by atoms with Crippen LogP contribution in [0.4, 0.5) is 15.6 Å². The highest BCUT2D eigenvalue weighted by Crippen LogP contribution is 2.24. The maximum Gasteiger partial charge on any atom is 0.325 e. The monoisotopic (exact) mass is 381 g/mol. The zero-order valence-corrected chi connectivity index (χ0v) is 15.6. The van der Waals surface area contributed by atoms with Crippen molar-refractivity contribution in [2.45, 2.75) is 13.3 Å². The Hall–Kier alpha value is -3.19. The number of benzene rings is 2. The minimum Gasteiger partial charge on any atom is -0.466 e. The van der Waals surface area contributed by atoms with E-state index in [1.807, 2.05) is 35.7 Å². The number of carbonyl (C=O) groups is 2. The molecule has 27 heavy (non-hydrogen) atoms. The van der Waals surface area contributed by atoms with Crippen molar-refractivity contribution in [3.8, 4) is 11.3 Å². The number of hydrogen-bond acceptors (Lipinski definition) is 5. The summed E-state index contributed by atoms with van der Waals surface area (Å²) in [5.74, 6) is -0.269. The second kappa shape index (κ2) is 8.95. The van der Waals surface area contributed by atoms with Crippen molar-refractivity contribution in [1.29, 1.82) is 0 Å². The molecule has 0 aliphatic rings. The molecule has 0 bridgehead atoms. The van der Waals surface area contributed by atoms with Gasteiger partial charge in [-0.3, -0.25) is 10.1 Å². The van der Waals surface area contributed by atoms with E-state index in [1.54, 1.807) is 31.2 Å². The molecule has 138 valence electrons. The van der Waals surface area contributed by atoms with Crippen LogP contribution in [0.1, 0.15) is 12.5 Å². The Morgan fingerprint density at radius 2 is 1.78 bits per heavy atom. The summed E-state index contributed by atoms with van der Waals surface area (Å²) in [6, 6.07) is 16.4. The van der Waals surface area contributed by atoms with Crippen LogP contribution in [0, 0.1) is 0 Å². The molecule has 0 fully saturated rings. The van der Waals surface area contributed by atoms with Crippen LogP contribution in [-0.4, -0.2) is 23.6 Å². The van der Waals surface area contributed by atoms with Crippen molar-refractivity contribution in [2.24, 2.45) is 0 Å². The highest BCUT2D eigenvalue weighted by atomic mass is 32.1. The van der Waals surface area contributed by atoms with E-state index in [4.69, 9.17) is 4.74 Å². The van der Waals surface area contributed by atoms with Crippen molar-refractivity contribution in [2.75, 3.05) is 17.2 Å². The first kappa shape index (κ1) is 18.6. The van der Waals surface area contributed by atoms with Crippen molar-refractivity contribution in [3.05, 3.63) is 65.5 Å². The van der Waals surface area contributed by atoms with Crippen molar-refractivity contribution >= 4 is 34.2 Å². The lowest BCUT2D eigenvalue weighted by atomic mass is 10.1. The molecular formula is C20H19N3O3S. The molecule has 0 atom stereocenters. The summed E-state index contributed by atoms with van der Waals surface area (Å²) in [6.07, 6.45) is 0.210. The summed E-state index contributed by atoms with van der Waals surface area (Å²) >= 11 is 1.36. The third-order valence-corrected chi connectivity index (χ3v) is 4.42. The average molecular weight is 381 g/mol. The minimum absolute atomic E-state index is 0.210. The van der Waals surface area contributed by atoms with Crippen LogP contribution >= 0.6 is 11.3 Å². The van der Waals surface area contributed by atoms with Gasteiger partial charge in [0.2, 0.25) is 0 Å². The van der Waals surface area contributed by atoms with E-state index in [0.717, 1.165) is 16.8 Å². The number of carbonyl (C=O) groups excluding carboxylic acids is 2.